The molecular formula is C12H20ClN3O. The van der Waals surface area contributed by atoms with Gasteiger partial charge in [-0.3, -0.25) is 9.48 Å². The molecule has 0 atom stereocenters. The molecule has 0 amide bonds. The van der Waals surface area contributed by atoms with E-state index in [4.69, 9.17) is 11.6 Å². The quantitative estimate of drug-likeness (QED) is 0.760. The molecule has 0 fully saturated rings. The van der Waals surface area contributed by atoms with Gasteiger partial charge in [-0.1, -0.05) is 11.6 Å². The highest BCUT2D eigenvalue weighted by Gasteiger charge is 2.15. The predicted molar refractivity (Wildman–Crippen MR) is 69.5 cm³/mol. The first-order valence-electron chi connectivity index (χ1n) is 5.98. The van der Waals surface area contributed by atoms with Crippen molar-refractivity contribution in [1.29, 1.82) is 0 Å². The van der Waals surface area contributed by atoms with Gasteiger partial charge >= 0.3 is 0 Å². The summed E-state index contributed by atoms with van der Waals surface area (Å²) < 4.78 is 1.81. The van der Waals surface area contributed by atoms with Crippen LogP contribution in [-0.2, 0) is 17.8 Å². The normalized spacial score (nSPS) is 10.8. The number of aryl methyl sites for hydroxylation is 2. The fraction of sp³-hybridized carbons (Fsp3) is 0.667. The number of hydrogen-bond donors (Lipinski definition) is 1. The first-order chi connectivity index (χ1) is 8.10. The second-order valence-electron chi connectivity index (χ2n) is 4.08. The summed E-state index contributed by atoms with van der Waals surface area (Å²) in [7, 11) is 1.89. The van der Waals surface area contributed by atoms with Crippen LogP contribution in [0.3, 0.4) is 0 Å². The number of rotatable bonds is 7. The third kappa shape index (κ3) is 3.82. The van der Waals surface area contributed by atoms with Crippen LogP contribution in [0.2, 0.25) is 5.02 Å². The number of hydrogen-bond acceptors (Lipinski definition) is 3. The van der Waals surface area contributed by atoms with Gasteiger partial charge in [-0.25, -0.2) is 0 Å². The van der Waals surface area contributed by atoms with Crippen LogP contribution in [0.1, 0.15) is 31.2 Å². The molecule has 0 bridgehead atoms. The van der Waals surface area contributed by atoms with Crippen LogP contribution >= 0.6 is 11.6 Å². The summed E-state index contributed by atoms with van der Waals surface area (Å²) in [5.74, 6) is 0.219. The van der Waals surface area contributed by atoms with Gasteiger partial charge in [0.2, 0.25) is 0 Å². The van der Waals surface area contributed by atoms with Crippen LogP contribution in [-0.4, -0.2) is 29.2 Å². The van der Waals surface area contributed by atoms with Gasteiger partial charge in [-0.2, -0.15) is 5.10 Å². The molecule has 0 aliphatic carbocycles. The Balaban J connectivity index is 2.64. The van der Waals surface area contributed by atoms with Crippen molar-refractivity contribution in [3.8, 4) is 0 Å². The molecule has 0 aliphatic rings. The second kappa shape index (κ2) is 6.77. The monoisotopic (exact) mass is 257 g/mol. The van der Waals surface area contributed by atoms with Crippen molar-refractivity contribution in [3.63, 3.8) is 0 Å². The first-order valence-corrected chi connectivity index (χ1v) is 6.36. The third-order valence-electron chi connectivity index (χ3n) is 2.70. The maximum absolute atomic E-state index is 11.8. The Hall–Kier alpha value is -0.870. The van der Waals surface area contributed by atoms with Crippen molar-refractivity contribution in [2.75, 3.05) is 13.6 Å². The van der Waals surface area contributed by atoms with Crippen LogP contribution < -0.4 is 5.32 Å². The molecule has 1 aromatic heterocycles. The standard InChI is InChI=1S/C12H20ClN3O/c1-4-16-11(12(13)9(2)15-16)8-10(17)6-5-7-14-3/h14H,4-8H2,1-3H3. The third-order valence-corrected chi connectivity index (χ3v) is 3.19. The number of carbonyl (C=O) groups excluding carboxylic acids is 1. The molecule has 0 spiro atoms. The first kappa shape index (κ1) is 14.2. The van der Waals surface area contributed by atoms with Crippen molar-refractivity contribution in [2.24, 2.45) is 0 Å². The van der Waals surface area contributed by atoms with E-state index in [2.05, 4.69) is 10.4 Å². The number of nitrogens with one attached hydrogen (secondary N) is 1. The molecule has 0 aromatic carbocycles. The minimum Gasteiger partial charge on any atom is -0.320 e. The van der Waals surface area contributed by atoms with Gasteiger partial charge < -0.3 is 5.32 Å². The zero-order chi connectivity index (χ0) is 12.8. The largest absolute Gasteiger partial charge is 0.320 e. The van der Waals surface area contributed by atoms with Crippen LogP contribution in [0, 0.1) is 6.92 Å². The lowest BCUT2D eigenvalue weighted by atomic mass is 10.1. The summed E-state index contributed by atoms with van der Waals surface area (Å²) in [5, 5.41) is 7.96. The van der Waals surface area contributed by atoms with E-state index >= 15 is 0 Å². The Bertz CT molecular complexity index is 387. The fourth-order valence-electron chi connectivity index (χ4n) is 1.78. The van der Waals surface area contributed by atoms with Crippen LogP contribution in [0.4, 0.5) is 0 Å². The molecule has 96 valence electrons. The zero-order valence-corrected chi connectivity index (χ0v) is 11.5. The minimum absolute atomic E-state index is 0.219. The topological polar surface area (TPSA) is 46.9 Å². The summed E-state index contributed by atoms with van der Waals surface area (Å²) in [6.07, 6.45) is 1.84. The molecule has 0 radical (unpaired) electrons. The van der Waals surface area contributed by atoms with Crippen LogP contribution in [0.15, 0.2) is 0 Å². The lowest BCUT2D eigenvalue weighted by Gasteiger charge is -2.05. The van der Waals surface area contributed by atoms with E-state index in [1.807, 2.05) is 25.6 Å². The van der Waals surface area contributed by atoms with E-state index in [1.54, 1.807) is 0 Å². The van der Waals surface area contributed by atoms with E-state index in [1.165, 1.54) is 0 Å². The smallest absolute Gasteiger partial charge is 0.138 e. The van der Waals surface area contributed by atoms with E-state index in [0.29, 0.717) is 17.9 Å². The molecular weight excluding hydrogens is 238 g/mol. The maximum Gasteiger partial charge on any atom is 0.138 e. The number of halogens is 1. The molecule has 5 heteroatoms. The highest BCUT2D eigenvalue weighted by molar-refractivity contribution is 6.32. The van der Waals surface area contributed by atoms with Gasteiger partial charge in [-0.05, 0) is 33.9 Å². The minimum atomic E-state index is 0.219. The maximum atomic E-state index is 11.8. The molecule has 0 unspecified atom stereocenters. The predicted octanol–water partition coefficient (Wildman–Crippen LogP) is 1.98. The molecule has 0 saturated carbocycles. The van der Waals surface area contributed by atoms with Gasteiger partial charge in [0.25, 0.3) is 0 Å². The van der Waals surface area contributed by atoms with Crippen molar-refractivity contribution in [2.45, 2.75) is 39.7 Å². The lowest BCUT2D eigenvalue weighted by molar-refractivity contribution is -0.118. The Kier molecular flexibility index (Phi) is 5.65. The van der Waals surface area contributed by atoms with E-state index < -0.39 is 0 Å². The van der Waals surface area contributed by atoms with Gasteiger partial charge in [0, 0.05) is 19.4 Å². The van der Waals surface area contributed by atoms with Crippen LogP contribution in [0.5, 0.6) is 0 Å². The summed E-state index contributed by atoms with van der Waals surface area (Å²) >= 11 is 6.15. The average Bonchev–Trinajstić information content (AvgIpc) is 2.57. The van der Waals surface area contributed by atoms with Gasteiger partial charge in [0.15, 0.2) is 0 Å². The molecule has 0 aliphatic heterocycles. The summed E-state index contributed by atoms with van der Waals surface area (Å²) in [4.78, 5) is 11.8. The number of aromatic nitrogens is 2. The Morgan fingerprint density at radius 3 is 2.82 bits per heavy atom. The van der Waals surface area contributed by atoms with Gasteiger partial charge in [0.1, 0.15) is 5.78 Å². The van der Waals surface area contributed by atoms with Crippen molar-refractivity contribution in [1.82, 2.24) is 15.1 Å². The Morgan fingerprint density at radius 1 is 1.53 bits per heavy atom. The molecule has 1 aromatic rings. The molecule has 1 heterocycles. The number of Topliss-reactive ketones (excluding diaryl/α,β-unsaturated/α-hetero) is 1. The van der Waals surface area contributed by atoms with E-state index in [-0.39, 0.29) is 5.78 Å². The molecule has 0 saturated heterocycles. The Labute approximate surface area is 107 Å². The lowest BCUT2D eigenvalue weighted by Crippen LogP contribution is -2.13. The fourth-order valence-corrected chi connectivity index (χ4v) is 1.98. The summed E-state index contributed by atoms with van der Waals surface area (Å²) in [5.41, 5.74) is 1.65. The summed E-state index contributed by atoms with van der Waals surface area (Å²) in [6.45, 7) is 5.47. The van der Waals surface area contributed by atoms with Gasteiger partial charge in [0.05, 0.1) is 16.4 Å². The van der Waals surface area contributed by atoms with Gasteiger partial charge in [-0.15, -0.1) is 0 Å². The average molecular weight is 258 g/mol. The second-order valence-corrected chi connectivity index (χ2v) is 4.46. The summed E-state index contributed by atoms with van der Waals surface area (Å²) in [6, 6.07) is 0. The Morgan fingerprint density at radius 2 is 2.24 bits per heavy atom. The zero-order valence-electron chi connectivity index (χ0n) is 10.7. The van der Waals surface area contributed by atoms with E-state index in [9.17, 15) is 4.79 Å². The molecule has 17 heavy (non-hydrogen) atoms. The number of carbonyl (C=O) groups is 1. The number of nitrogens with zero attached hydrogens (tertiary/aromatic N) is 2. The highest BCUT2D eigenvalue weighted by Crippen LogP contribution is 2.21. The highest BCUT2D eigenvalue weighted by atomic mass is 35.5. The SMILES string of the molecule is CCn1nc(C)c(Cl)c1CC(=O)CCCNC. The van der Waals surface area contributed by atoms with Crippen LogP contribution in [0.25, 0.3) is 0 Å². The number of ketones is 1. The van der Waals surface area contributed by atoms with Crippen molar-refractivity contribution < 1.29 is 4.79 Å². The molecule has 4 nitrogen and oxygen atoms in total. The van der Waals surface area contributed by atoms with Crippen molar-refractivity contribution in [3.05, 3.63) is 16.4 Å². The van der Waals surface area contributed by atoms with E-state index in [0.717, 1.165) is 30.9 Å². The van der Waals surface area contributed by atoms with Crippen molar-refractivity contribution >= 4 is 17.4 Å². The molecule has 1 rings (SSSR count). The molecule has 1 N–H and O–H groups in total.